The maximum atomic E-state index is 13.1. The van der Waals surface area contributed by atoms with Crippen molar-refractivity contribution in [2.75, 3.05) is 18.8 Å². The standard InChI is InChI=1S/C20H24ClN3OS/c1-4-15-8-17(18(21)9-19(15)22)20(25)24-11-13(2)23(10-14(24)3)12-16-6-5-7-26-16/h4-9,13-14H,1,10-12,22H2,2-3H3/t13-,14?/m0/s1. The van der Waals surface area contributed by atoms with Gasteiger partial charge in [0, 0.05) is 42.3 Å². The number of hydrogen-bond acceptors (Lipinski definition) is 4. The average Bonchev–Trinajstić information content (AvgIpc) is 3.10. The molecule has 26 heavy (non-hydrogen) atoms. The normalized spacial score (nSPS) is 21.0. The van der Waals surface area contributed by atoms with Crippen LogP contribution in [0.3, 0.4) is 0 Å². The zero-order valence-electron chi connectivity index (χ0n) is 15.1. The van der Waals surface area contributed by atoms with Crippen LogP contribution in [0.4, 0.5) is 5.69 Å². The number of nitrogens with zero attached hydrogens (tertiary/aromatic N) is 2. The van der Waals surface area contributed by atoms with Crippen molar-refractivity contribution >= 4 is 40.6 Å². The van der Waals surface area contributed by atoms with Crippen LogP contribution in [0.1, 0.15) is 34.6 Å². The molecular weight excluding hydrogens is 366 g/mol. The second kappa shape index (κ2) is 7.82. The molecule has 2 atom stereocenters. The topological polar surface area (TPSA) is 49.6 Å². The molecule has 0 radical (unpaired) electrons. The van der Waals surface area contributed by atoms with Crippen LogP contribution in [-0.2, 0) is 6.54 Å². The molecule has 6 heteroatoms. The molecule has 3 rings (SSSR count). The largest absolute Gasteiger partial charge is 0.398 e. The van der Waals surface area contributed by atoms with E-state index in [4.69, 9.17) is 17.3 Å². The number of nitrogen functional groups attached to an aromatic ring is 1. The van der Waals surface area contributed by atoms with E-state index in [1.807, 2.05) is 4.90 Å². The molecule has 0 spiro atoms. The van der Waals surface area contributed by atoms with Crippen molar-refractivity contribution < 1.29 is 4.79 Å². The van der Waals surface area contributed by atoms with Crippen molar-refractivity contribution in [1.29, 1.82) is 0 Å². The summed E-state index contributed by atoms with van der Waals surface area (Å²) in [5.41, 5.74) is 7.68. The highest BCUT2D eigenvalue weighted by molar-refractivity contribution is 7.09. The zero-order chi connectivity index (χ0) is 18.8. The van der Waals surface area contributed by atoms with Gasteiger partial charge in [0.05, 0.1) is 10.6 Å². The second-order valence-electron chi connectivity index (χ2n) is 6.83. The van der Waals surface area contributed by atoms with Crippen molar-refractivity contribution in [3.8, 4) is 0 Å². The van der Waals surface area contributed by atoms with Gasteiger partial charge in [-0.05, 0) is 43.0 Å². The summed E-state index contributed by atoms with van der Waals surface area (Å²) in [5, 5.41) is 2.49. The molecule has 2 heterocycles. The van der Waals surface area contributed by atoms with Gasteiger partial charge in [-0.25, -0.2) is 0 Å². The van der Waals surface area contributed by atoms with Gasteiger partial charge >= 0.3 is 0 Å². The minimum atomic E-state index is -0.0479. The maximum absolute atomic E-state index is 13.1. The van der Waals surface area contributed by atoms with E-state index >= 15 is 0 Å². The first kappa shape index (κ1) is 19.0. The molecule has 1 unspecified atom stereocenters. The van der Waals surface area contributed by atoms with Gasteiger partial charge in [0.15, 0.2) is 0 Å². The van der Waals surface area contributed by atoms with Crippen LogP contribution >= 0.6 is 22.9 Å². The highest BCUT2D eigenvalue weighted by Crippen LogP contribution is 2.28. The van der Waals surface area contributed by atoms with Crippen LogP contribution in [0, 0.1) is 0 Å². The lowest BCUT2D eigenvalue weighted by Gasteiger charge is -2.44. The Labute approximate surface area is 163 Å². The quantitative estimate of drug-likeness (QED) is 0.790. The number of piperazine rings is 1. The summed E-state index contributed by atoms with van der Waals surface area (Å²) in [6, 6.07) is 8.00. The third kappa shape index (κ3) is 3.80. The Morgan fingerprint density at radius 1 is 1.38 bits per heavy atom. The fraction of sp³-hybridized carbons (Fsp3) is 0.350. The number of amides is 1. The fourth-order valence-electron chi connectivity index (χ4n) is 3.40. The van der Waals surface area contributed by atoms with Crippen molar-refractivity contribution in [1.82, 2.24) is 9.80 Å². The molecule has 138 valence electrons. The number of hydrogen-bond donors (Lipinski definition) is 1. The van der Waals surface area contributed by atoms with Crippen molar-refractivity contribution in [2.45, 2.75) is 32.5 Å². The highest BCUT2D eigenvalue weighted by Gasteiger charge is 2.33. The summed E-state index contributed by atoms with van der Waals surface area (Å²) < 4.78 is 0. The first-order valence-corrected chi connectivity index (χ1v) is 9.95. The molecule has 1 fully saturated rings. The van der Waals surface area contributed by atoms with Gasteiger partial charge in [-0.1, -0.05) is 30.3 Å². The van der Waals surface area contributed by atoms with Crippen LogP contribution < -0.4 is 5.73 Å². The Kier molecular flexibility index (Phi) is 5.70. The Hall–Kier alpha value is -1.82. The fourth-order valence-corrected chi connectivity index (χ4v) is 4.39. The molecule has 1 amide bonds. The average molecular weight is 390 g/mol. The molecule has 1 aliphatic heterocycles. The number of anilines is 1. The number of carbonyl (C=O) groups is 1. The van der Waals surface area contributed by atoms with Crippen LogP contribution in [-0.4, -0.2) is 40.9 Å². The molecule has 0 bridgehead atoms. The third-order valence-electron chi connectivity index (χ3n) is 4.94. The Balaban J connectivity index is 1.78. The first-order chi connectivity index (χ1) is 12.4. The van der Waals surface area contributed by atoms with Crippen LogP contribution in [0.5, 0.6) is 0 Å². The monoisotopic (exact) mass is 389 g/mol. The van der Waals surface area contributed by atoms with E-state index in [0.717, 1.165) is 18.7 Å². The van der Waals surface area contributed by atoms with Crippen LogP contribution in [0.25, 0.3) is 6.08 Å². The summed E-state index contributed by atoms with van der Waals surface area (Å²) in [6.45, 7) is 10.4. The molecule has 1 aromatic heterocycles. The van der Waals surface area contributed by atoms with E-state index in [-0.39, 0.29) is 18.0 Å². The Morgan fingerprint density at radius 2 is 2.15 bits per heavy atom. The predicted octanol–water partition coefficient (Wildman–Crippen LogP) is 4.36. The van der Waals surface area contributed by atoms with E-state index in [9.17, 15) is 4.79 Å². The van der Waals surface area contributed by atoms with E-state index in [2.05, 4.69) is 42.8 Å². The van der Waals surface area contributed by atoms with Gasteiger partial charge in [-0.3, -0.25) is 9.69 Å². The molecule has 4 nitrogen and oxygen atoms in total. The lowest BCUT2D eigenvalue weighted by atomic mass is 10.0. The zero-order valence-corrected chi connectivity index (χ0v) is 16.7. The van der Waals surface area contributed by atoms with Crippen molar-refractivity contribution in [3.63, 3.8) is 0 Å². The number of carbonyl (C=O) groups excluding carboxylic acids is 1. The summed E-state index contributed by atoms with van der Waals surface area (Å²) in [4.78, 5) is 18.8. The molecule has 0 saturated carbocycles. The van der Waals surface area contributed by atoms with Crippen molar-refractivity contribution in [3.05, 3.63) is 57.3 Å². The minimum absolute atomic E-state index is 0.0479. The summed E-state index contributed by atoms with van der Waals surface area (Å²) >= 11 is 8.08. The maximum Gasteiger partial charge on any atom is 0.255 e. The van der Waals surface area contributed by atoms with Gasteiger partial charge in [0.1, 0.15) is 0 Å². The van der Waals surface area contributed by atoms with E-state index in [1.54, 1.807) is 29.5 Å². The van der Waals surface area contributed by atoms with Gasteiger partial charge < -0.3 is 10.6 Å². The number of rotatable bonds is 4. The summed E-state index contributed by atoms with van der Waals surface area (Å²) in [6.07, 6.45) is 1.65. The molecule has 2 N–H and O–H groups in total. The number of thiophene rings is 1. The lowest BCUT2D eigenvalue weighted by Crippen LogP contribution is -2.57. The Morgan fingerprint density at radius 3 is 2.81 bits per heavy atom. The van der Waals surface area contributed by atoms with Crippen molar-refractivity contribution in [2.24, 2.45) is 0 Å². The summed E-state index contributed by atoms with van der Waals surface area (Å²) in [5.74, 6) is -0.0479. The molecule has 2 aromatic rings. The SMILES string of the molecule is C=Cc1cc(C(=O)N2C[C@H](C)N(Cc3cccs3)CC2C)c(Cl)cc1N. The Bertz CT molecular complexity index is 806. The number of nitrogens with two attached hydrogens (primary N) is 1. The minimum Gasteiger partial charge on any atom is -0.398 e. The van der Waals surface area contributed by atoms with Crippen LogP contribution in [0.2, 0.25) is 5.02 Å². The molecular formula is C20H24ClN3OS. The number of benzene rings is 1. The predicted molar refractivity (Wildman–Crippen MR) is 111 cm³/mol. The molecule has 1 saturated heterocycles. The number of halogens is 1. The smallest absolute Gasteiger partial charge is 0.255 e. The second-order valence-corrected chi connectivity index (χ2v) is 8.27. The van der Waals surface area contributed by atoms with Gasteiger partial charge in [0.25, 0.3) is 5.91 Å². The summed E-state index contributed by atoms with van der Waals surface area (Å²) in [7, 11) is 0. The van der Waals surface area contributed by atoms with E-state index < -0.39 is 0 Å². The highest BCUT2D eigenvalue weighted by atomic mass is 35.5. The third-order valence-corrected chi connectivity index (χ3v) is 6.11. The lowest BCUT2D eigenvalue weighted by molar-refractivity contribution is 0.0294. The first-order valence-electron chi connectivity index (χ1n) is 8.69. The van der Waals surface area contributed by atoms with Gasteiger partial charge in [-0.15, -0.1) is 11.3 Å². The molecule has 1 aliphatic rings. The van der Waals surface area contributed by atoms with E-state index in [0.29, 0.717) is 22.8 Å². The van der Waals surface area contributed by atoms with Gasteiger partial charge in [0.2, 0.25) is 0 Å². The molecule has 1 aromatic carbocycles. The molecule has 0 aliphatic carbocycles. The van der Waals surface area contributed by atoms with E-state index in [1.165, 1.54) is 4.88 Å². The van der Waals surface area contributed by atoms with Gasteiger partial charge in [-0.2, -0.15) is 0 Å². The van der Waals surface area contributed by atoms with Crippen LogP contribution in [0.15, 0.2) is 36.2 Å².